The van der Waals surface area contributed by atoms with E-state index in [1.165, 1.54) is 0 Å². The zero-order valence-electron chi connectivity index (χ0n) is 9.94. The predicted octanol–water partition coefficient (Wildman–Crippen LogP) is 0.287. The Labute approximate surface area is 101 Å². The second-order valence-corrected chi connectivity index (χ2v) is 3.51. The fourth-order valence-electron chi connectivity index (χ4n) is 1.36. The third-order valence-electron chi connectivity index (χ3n) is 2.17. The van der Waals surface area contributed by atoms with E-state index in [0.717, 1.165) is 11.3 Å². The molecule has 3 N–H and O–H groups in total. The summed E-state index contributed by atoms with van der Waals surface area (Å²) >= 11 is 0. The minimum atomic E-state index is -0.366. The van der Waals surface area contributed by atoms with Crippen LogP contribution in [0.2, 0.25) is 0 Å². The highest BCUT2D eigenvalue weighted by atomic mass is 16.5. The van der Waals surface area contributed by atoms with Gasteiger partial charge in [-0.15, -0.1) is 0 Å². The molecule has 1 rings (SSSR count). The Hall–Kier alpha value is -1.59. The molecule has 0 atom stereocenters. The predicted molar refractivity (Wildman–Crippen MR) is 64.7 cm³/mol. The smallest absolute Gasteiger partial charge is 0.231 e. The molecule has 0 aliphatic rings. The monoisotopic (exact) mass is 238 g/mol. The third-order valence-corrected chi connectivity index (χ3v) is 2.17. The number of benzene rings is 1. The van der Waals surface area contributed by atoms with Gasteiger partial charge >= 0.3 is 0 Å². The van der Waals surface area contributed by atoms with Crippen LogP contribution in [0, 0.1) is 0 Å². The van der Waals surface area contributed by atoms with Crippen LogP contribution in [0.5, 0.6) is 5.75 Å². The van der Waals surface area contributed by atoms with Crippen molar-refractivity contribution in [1.82, 2.24) is 5.32 Å². The number of ether oxygens (including phenoxy) is 2. The molecule has 0 aliphatic heterocycles. The van der Waals surface area contributed by atoms with Crippen LogP contribution < -0.4 is 15.8 Å². The van der Waals surface area contributed by atoms with Gasteiger partial charge in [0.05, 0.1) is 26.9 Å². The van der Waals surface area contributed by atoms with Crippen LogP contribution in [-0.2, 0) is 16.1 Å². The molecule has 0 bridgehead atoms. The van der Waals surface area contributed by atoms with E-state index in [4.69, 9.17) is 15.2 Å². The van der Waals surface area contributed by atoms with Crippen molar-refractivity contribution >= 4 is 5.91 Å². The average Bonchev–Trinajstić information content (AvgIpc) is 2.33. The molecular weight excluding hydrogens is 220 g/mol. The highest BCUT2D eigenvalue weighted by Gasteiger charge is 2.01. The molecule has 5 heteroatoms. The molecule has 0 saturated heterocycles. The number of hydrogen-bond acceptors (Lipinski definition) is 4. The Morgan fingerprint density at radius 3 is 2.88 bits per heavy atom. The molecule has 0 spiro atoms. The van der Waals surface area contributed by atoms with E-state index in [1.54, 1.807) is 7.11 Å². The van der Waals surface area contributed by atoms with Gasteiger partial charge in [0, 0.05) is 12.1 Å². The van der Waals surface area contributed by atoms with Gasteiger partial charge in [-0.3, -0.25) is 4.79 Å². The van der Waals surface area contributed by atoms with E-state index in [-0.39, 0.29) is 12.5 Å². The fraction of sp³-hybridized carbons (Fsp3) is 0.417. The highest BCUT2D eigenvalue weighted by Crippen LogP contribution is 2.17. The van der Waals surface area contributed by atoms with Crippen LogP contribution in [0.15, 0.2) is 24.3 Å². The summed E-state index contributed by atoms with van der Waals surface area (Å²) in [6.07, 6.45) is 0. The molecule has 17 heavy (non-hydrogen) atoms. The van der Waals surface area contributed by atoms with Gasteiger partial charge in [-0.05, 0) is 6.07 Å². The van der Waals surface area contributed by atoms with Gasteiger partial charge in [0.15, 0.2) is 0 Å². The van der Waals surface area contributed by atoms with Gasteiger partial charge < -0.3 is 20.5 Å². The maximum absolute atomic E-state index is 10.4. The number of carbonyl (C=O) groups is 1. The molecule has 1 amide bonds. The van der Waals surface area contributed by atoms with Gasteiger partial charge in [-0.25, -0.2) is 0 Å². The molecule has 94 valence electrons. The normalized spacial score (nSPS) is 10.2. The lowest BCUT2D eigenvalue weighted by Gasteiger charge is -2.09. The molecule has 0 fully saturated rings. The summed E-state index contributed by atoms with van der Waals surface area (Å²) in [4.78, 5) is 10.4. The lowest BCUT2D eigenvalue weighted by atomic mass is 10.2. The largest absolute Gasteiger partial charge is 0.496 e. The molecule has 0 heterocycles. The Morgan fingerprint density at radius 2 is 2.18 bits per heavy atom. The lowest BCUT2D eigenvalue weighted by Crippen LogP contribution is -2.30. The van der Waals surface area contributed by atoms with E-state index in [1.807, 2.05) is 24.3 Å². The van der Waals surface area contributed by atoms with Crippen LogP contribution in [0.3, 0.4) is 0 Å². The second-order valence-electron chi connectivity index (χ2n) is 3.51. The molecule has 5 nitrogen and oxygen atoms in total. The minimum Gasteiger partial charge on any atom is -0.496 e. The Bertz CT molecular complexity index is 355. The summed E-state index contributed by atoms with van der Waals surface area (Å²) in [5.41, 5.74) is 5.98. The van der Waals surface area contributed by atoms with Crippen LogP contribution in [0.4, 0.5) is 0 Å². The quantitative estimate of drug-likeness (QED) is 0.638. The van der Waals surface area contributed by atoms with Gasteiger partial charge in [-0.1, -0.05) is 18.2 Å². The van der Waals surface area contributed by atoms with Crippen molar-refractivity contribution < 1.29 is 14.3 Å². The number of nitrogens with one attached hydrogen (secondary N) is 1. The first-order valence-electron chi connectivity index (χ1n) is 5.42. The zero-order valence-corrected chi connectivity index (χ0v) is 9.94. The number of methoxy groups -OCH3 is 1. The topological polar surface area (TPSA) is 73.6 Å². The van der Waals surface area contributed by atoms with Crippen molar-refractivity contribution in [1.29, 1.82) is 0 Å². The zero-order chi connectivity index (χ0) is 12.5. The number of carbonyl (C=O) groups excluding carboxylic acids is 1. The molecular formula is C12H18N2O3. The number of primary amides is 1. The molecule has 0 aromatic heterocycles. The maximum Gasteiger partial charge on any atom is 0.231 e. The van der Waals surface area contributed by atoms with Crippen molar-refractivity contribution in [3.8, 4) is 5.75 Å². The summed E-state index contributed by atoms with van der Waals surface area (Å²) in [5.74, 6) is 0.451. The van der Waals surface area contributed by atoms with Crippen LogP contribution in [0.25, 0.3) is 0 Å². The van der Waals surface area contributed by atoms with Gasteiger partial charge in [0.25, 0.3) is 0 Å². The first-order chi connectivity index (χ1) is 8.24. The van der Waals surface area contributed by atoms with E-state index >= 15 is 0 Å². The van der Waals surface area contributed by atoms with Crippen molar-refractivity contribution in [2.24, 2.45) is 5.73 Å². The standard InChI is InChI=1S/C12H18N2O3/c1-16-11-5-3-2-4-10(11)9-17-7-6-14-8-12(13)15/h2-5,14H,6-9H2,1H3,(H2,13,15). The van der Waals surface area contributed by atoms with E-state index in [2.05, 4.69) is 5.32 Å². The van der Waals surface area contributed by atoms with E-state index in [9.17, 15) is 4.79 Å². The Kier molecular flexibility index (Phi) is 6.06. The highest BCUT2D eigenvalue weighted by molar-refractivity contribution is 5.75. The second kappa shape index (κ2) is 7.65. The van der Waals surface area contributed by atoms with E-state index < -0.39 is 0 Å². The number of rotatable bonds is 8. The molecule has 1 aromatic carbocycles. The summed E-state index contributed by atoms with van der Waals surface area (Å²) < 4.78 is 10.6. The molecule has 0 unspecified atom stereocenters. The summed E-state index contributed by atoms with van der Waals surface area (Å²) in [6.45, 7) is 1.78. The third kappa shape index (κ3) is 5.33. The fourth-order valence-corrected chi connectivity index (χ4v) is 1.36. The van der Waals surface area contributed by atoms with Gasteiger partial charge in [0.2, 0.25) is 5.91 Å². The maximum atomic E-state index is 10.4. The lowest BCUT2D eigenvalue weighted by molar-refractivity contribution is -0.117. The van der Waals surface area contributed by atoms with Crippen LogP contribution >= 0.6 is 0 Å². The van der Waals surface area contributed by atoms with Crippen LogP contribution in [0.1, 0.15) is 5.56 Å². The first-order valence-corrected chi connectivity index (χ1v) is 5.42. The van der Waals surface area contributed by atoms with Gasteiger partial charge in [0.1, 0.15) is 5.75 Å². The summed E-state index contributed by atoms with van der Waals surface area (Å²) in [5, 5.41) is 2.87. The molecule has 0 radical (unpaired) electrons. The summed E-state index contributed by atoms with van der Waals surface area (Å²) in [7, 11) is 1.63. The van der Waals surface area contributed by atoms with Gasteiger partial charge in [-0.2, -0.15) is 0 Å². The first kappa shape index (κ1) is 13.5. The van der Waals surface area contributed by atoms with Crippen molar-refractivity contribution in [3.05, 3.63) is 29.8 Å². The van der Waals surface area contributed by atoms with Crippen molar-refractivity contribution in [2.75, 3.05) is 26.8 Å². The van der Waals surface area contributed by atoms with Crippen LogP contribution in [-0.4, -0.2) is 32.7 Å². The number of amides is 1. The summed E-state index contributed by atoms with van der Waals surface area (Å²) in [6, 6.07) is 7.70. The number of hydrogen-bond donors (Lipinski definition) is 2. The average molecular weight is 238 g/mol. The molecule has 0 aliphatic carbocycles. The number of nitrogens with two attached hydrogens (primary N) is 1. The SMILES string of the molecule is COc1ccccc1COCCNCC(N)=O. The Balaban J connectivity index is 2.19. The van der Waals surface area contributed by atoms with Crippen molar-refractivity contribution in [3.63, 3.8) is 0 Å². The molecule has 0 saturated carbocycles. The Morgan fingerprint density at radius 1 is 1.41 bits per heavy atom. The van der Waals surface area contributed by atoms with Crippen molar-refractivity contribution in [2.45, 2.75) is 6.61 Å². The van der Waals surface area contributed by atoms with E-state index in [0.29, 0.717) is 19.8 Å². The minimum absolute atomic E-state index is 0.179. The number of para-hydroxylation sites is 1. The molecule has 1 aromatic rings.